The summed E-state index contributed by atoms with van der Waals surface area (Å²) in [4.78, 5) is 20.1. The number of likely N-dealkylation sites (tertiary alicyclic amines) is 1. The first-order chi connectivity index (χ1) is 12.6. The Balaban J connectivity index is 1.34. The second kappa shape index (κ2) is 7.00. The maximum Gasteiger partial charge on any atom is 0.321 e. The summed E-state index contributed by atoms with van der Waals surface area (Å²) < 4.78 is 0. The number of carbonyl (C=O) groups is 1. The van der Waals surface area contributed by atoms with E-state index in [1.807, 2.05) is 35.2 Å². The molecule has 2 amide bonds. The Kier molecular flexibility index (Phi) is 4.55. The minimum atomic E-state index is -0.280. The predicted molar refractivity (Wildman–Crippen MR) is 103 cm³/mol. The second-order valence-corrected chi connectivity index (χ2v) is 7.22. The molecule has 1 N–H and O–H groups in total. The van der Waals surface area contributed by atoms with Gasteiger partial charge in [-0.1, -0.05) is 53.2 Å². The molecule has 26 heavy (non-hydrogen) atoms. The molecular weight excluding hydrogens is 350 g/mol. The van der Waals surface area contributed by atoms with Gasteiger partial charge in [0.2, 0.25) is 0 Å². The Morgan fingerprint density at radius 3 is 2.62 bits per heavy atom. The first-order valence-electron chi connectivity index (χ1n) is 8.76. The van der Waals surface area contributed by atoms with Crippen molar-refractivity contribution < 1.29 is 9.63 Å². The van der Waals surface area contributed by atoms with Crippen molar-refractivity contribution in [3.8, 4) is 0 Å². The third-order valence-corrected chi connectivity index (χ3v) is 5.22. The number of carbonyl (C=O) groups excluding carboxylic acids is 1. The molecule has 0 saturated carbocycles. The summed E-state index contributed by atoms with van der Waals surface area (Å²) >= 11 is 5.97. The zero-order chi connectivity index (χ0) is 18.0. The number of anilines is 1. The summed E-state index contributed by atoms with van der Waals surface area (Å²) in [5.41, 5.74) is 2.51. The van der Waals surface area contributed by atoms with E-state index in [0.29, 0.717) is 23.8 Å². The maximum absolute atomic E-state index is 12.5. The summed E-state index contributed by atoms with van der Waals surface area (Å²) in [5, 5.41) is 7.81. The fourth-order valence-corrected chi connectivity index (χ4v) is 3.65. The number of urea groups is 1. The van der Waals surface area contributed by atoms with Crippen LogP contribution in [0.2, 0.25) is 5.02 Å². The van der Waals surface area contributed by atoms with E-state index < -0.39 is 0 Å². The second-order valence-electron chi connectivity index (χ2n) is 6.78. The molecule has 0 atom stereocenters. The molecule has 6 heteroatoms. The summed E-state index contributed by atoms with van der Waals surface area (Å²) in [6.45, 7) is 1.29. The molecule has 0 bridgehead atoms. The summed E-state index contributed by atoms with van der Waals surface area (Å²) in [6, 6.07) is 17.2. The van der Waals surface area contributed by atoms with Crippen LogP contribution in [0.3, 0.4) is 0 Å². The van der Waals surface area contributed by atoms with E-state index in [1.165, 1.54) is 0 Å². The Bertz CT molecular complexity index is 830. The van der Waals surface area contributed by atoms with Crippen LogP contribution in [-0.4, -0.2) is 35.3 Å². The fraction of sp³-hybridized carbons (Fsp3) is 0.300. The molecule has 2 aromatic rings. The number of halogens is 1. The lowest BCUT2D eigenvalue weighted by Crippen LogP contribution is -2.48. The highest BCUT2D eigenvalue weighted by molar-refractivity contribution is 6.30. The van der Waals surface area contributed by atoms with Gasteiger partial charge in [-0.3, -0.25) is 0 Å². The van der Waals surface area contributed by atoms with E-state index in [-0.39, 0.29) is 11.6 Å². The molecule has 1 saturated heterocycles. The third kappa shape index (κ3) is 3.53. The molecule has 1 spiro atoms. The van der Waals surface area contributed by atoms with Gasteiger partial charge in [-0.2, -0.15) is 0 Å². The summed E-state index contributed by atoms with van der Waals surface area (Å²) in [7, 11) is 0. The van der Waals surface area contributed by atoms with Crippen molar-refractivity contribution in [2.45, 2.75) is 24.9 Å². The van der Waals surface area contributed by atoms with Crippen LogP contribution in [0.15, 0.2) is 59.8 Å². The lowest BCUT2D eigenvalue weighted by Gasteiger charge is -2.37. The zero-order valence-electron chi connectivity index (χ0n) is 14.3. The quantitative estimate of drug-likeness (QED) is 0.845. The molecule has 0 unspecified atom stereocenters. The minimum Gasteiger partial charge on any atom is -0.388 e. The number of nitrogens with one attached hydrogen (secondary N) is 1. The van der Waals surface area contributed by atoms with Crippen LogP contribution in [0.25, 0.3) is 0 Å². The topological polar surface area (TPSA) is 53.9 Å². The number of amides is 2. The minimum absolute atomic E-state index is 0.107. The van der Waals surface area contributed by atoms with Crippen LogP contribution in [0, 0.1) is 0 Å². The molecule has 2 heterocycles. The highest BCUT2D eigenvalue weighted by Crippen LogP contribution is 2.36. The Morgan fingerprint density at radius 1 is 1.12 bits per heavy atom. The van der Waals surface area contributed by atoms with Crippen molar-refractivity contribution in [3.05, 3.63) is 65.2 Å². The molecule has 2 aliphatic heterocycles. The van der Waals surface area contributed by atoms with Gasteiger partial charge >= 0.3 is 6.03 Å². The Morgan fingerprint density at radius 2 is 1.88 bits per heavy atom. The van der Waals surface area contributed by atoms with Gasteiger partial charge < -0.3 is 15.1 Å². The average molecular weight is 370 g/mol. The van der Waals surface area contributed by atoms with Gasteiger partial charge in [0.25, 0.3) is 0 Å². The van der Waals surface area contributed by atoms with E-state index >= 15 is 0 Å². The first-order valence-corrected chi connectivity index (χ1v) is 9.13. The first kappa shape index (κ1) is 16.9. The predicted octanol–water partition coefficient (Wildman–Crippen LogP) is 4.53. The van der Waals surface area contributed by atoms with Crippen LogP contribution in [0.4, 0.5) is 10.5 Å². The molecule has 0 aromatic heterocycles. The van der Waals surface area contributed by atoms with Crippen molar-refractivity contribution in [3.63, 3.8) is 0 Å². The molecule has 0 radical (unpaired) electrons. The largest absolute Gasteiger partial charge is 0.388 e. The Hall–Kier alpha value is -2.53. The number of piperidine rings is 1. The van der Waals surface area contributed by atoms with Crippen LogP contribution in [-0.2, 0) is 4.84 Å². The molecule has 0 aliphatic carbocycles. The van der Waals surface area contributed by atoms with Crippen LogP contribution in [0.5, 0.6) is 0 Å². The number of nitrogens with zero attached hydrogens (tertiary/aromatic N) is 2. The van der Waals surface area contributed by atoms with E-state index in [4.69, 9.17) is 16.4 Å². The molecular formula is C20H20ClN3O2. The molecule has 5 nitrogen and oxygen atoms in total. The average Bonchev–Trinajstić information content (AvgIpc) is 3.07. The van der Waals surface area contributed by atoms with Gasteiger partial charge in [0, 0.05) is 43.1 Å². The van der Waals surface area contributed by atoms with E-state index in [1.54, 1.807) is 12.1 Å². The number of hydrogen-bond acceptors (Lipinski definition) is 3. The van der Waals surface area contributed by atoms with Crippen molar-refractivity contribution in [2.75, 3.05) is 18.4 Å². The van der Waals surface area contributed by atoms with E-state index in [0.717, 1.165) is 30.5 Å². The van der Waals surface area contributed by atoms with Gasteiger partial charge in [-0.15, -0.1) is 0 Å². The normalized spacial score (nSPS) is 18.3. The van der Waals surface area contributed by atoms with Crippen molar-refractivity contribution in [1.82, 2.24) is 4.90 Å². The van der Waals surface area contributed by atoms with E-state index in [2.05, 4.69) is 22.6 Å². The number of hydrogen-bond donors (Lipinski definition) is 1. The van der Waals surface area contributed by atoms with Gasteiger partial charge in [0.1, 0.15) is 5.60 Å². The van der Waals surface area contributed by atoms with Gasteiger partial charge in [-0.25, -0.2) is 4.79 Å². The molecule has 2 aliphatic rings. The summed E-state index contributed by atoms with van der Waals surface area (Å²) in [6.07, 6.45) is 2.34. The Labute approximate surface area is 157 Å². The lowest BCUT2D eigenvalue weighted by atomic mass is 9.85. The monoisotopic (exact) mass is 369 g/mol. The van der Waals surface area contributed by atoms with Crippen LogP contribution in [0.1, 0.15) is 24.8 Å². The van der Waals surface area contributed by atoms with E-state index in [9.17, 15) is 4.79 Å². The standard InChI is InChI=1S/C20H20ClN3O2/c21-16-7-4-8-17(13-16)22-19(25)24-11-9-20(10-12-24)14-18(23-26-20)15-5-2-1-3-6-15/h1-8,13H,9-12,14H2,(H,22,25). The van der Waals surface area contributed by atoms with Crippen molar-refractivity contribution in [1.29, 1.82) is 0 Å². The SMILES string of the molecule is O=C(Nc1cccc(Cl)c1)N1CCC2(CC1)CC(c1ccccc1)=NO2. The highest BCUT2D eigenvalue weighted by Gasteiger charge is 2.43. The molecule has 134 valence electrons. The van der Waals surface area contributed by atoms with Crippen molar-refractivity contribution in [2.24, 2.45) is 5.16 Å². The third-order valence-electron chi connectivity index (χ3n) is 4.98. The smallest absolute Gasteiger partial charge is 0.321 e. The highest BCUT2D eigenvalue weighted by atomic mass is 35.5. The molecule has 4 rings (SSSR count). The van der Waals surface area contributed by atoms with Crippen molar-refractivity contribution >= 4 is 29.0 Å². The van der Waals surface area contributed by atoms with Gasteiger partial charge in [-0.05, 0) is 23.8 Å². The number of oxime groups is 1. The summed E-state index contributed by atoms with van der Waals surface area (Å²) in [5.74, 6) is 0. The van der Waals surface area contributed by atoms with Crippen LogP contribution < -0.4 is 5.32 Å². The van der Waals surface area contributed by atoms with Gasteiger partial charge in [0.05, 0.1) is 5.71 Å². The number of benzene rings is 2. The maximum atomic E-state index is 12.5. The molecule has 1 fully saturated rings. The van der Waals surface area contributed by atoms with Crippen LogP contribution >= 0.6 is 11.6 Å². The molecule has 2 aromatic carbocycles. The lowest BCUT2D eigenvalue weighted by molar-refractivity contribution is -0.0544. The zero-order valence-corrected chi connectivity index (χ0v) is 15.1. The number of rotatable bonds is 2. The van der Waals surface area contributed by atoms with Gasteiger partial charge in [0.15, 0.2) is 0 Å². The fourth-order valence-electron chi connectivity index (χ4n) is 3.46.